The number of hydrogen-bond donors (Lipinski definition) is 0. The van der Waals surface area contributed by atoms with Crippen molar-refractivity contribution < 1.29 is 9.21 Å². The third-order valence-electron chi connectivity index (χ3n) is 2.69. The Morgan fingerprint density at radius 3 is 2.61 bits per heavy atom. The molecule has 0 fully saturated rings. The van der Waals surface area contributed by atoms with Gasteiger partial charge in [-0.25, -0.2) is 0 Å². The summed E-state index contributed by atoms with van der Waals surface area (Å²) in [6, 6.07) is 13.9. The summed E-state index contributed by atoms with van der Waals surface area (Å²) in [5.41, 5.74) is 0. The van der Waals surface area contributed by atoms with E-state index in [1.165, 1.54) is 0 Å². The summed E-state index contributed by atoms with van der Waals surface area (Å²) in [6.07, 6.45) is 2.75. The van der Waals surface area contributed by atoms with Crippen LogP contribution in [0, 0.1) is 0 Å². The molecule has 0 spiro atoms. The monoisotopic (exact) mass is 260 g/mol. The minimum Gasteiger partial charge on any atom is -0.468 e. The van der Waals surface area contributed by atoms with Gasteiger partial charge in [0.25, 0.3) is 0 Å². The van der Waals surface area contributed by atoms with Gasteiger partial charge >= 0.3 is 0 Å². The van der Waals surface area contributed by atoms with Crippen molar-refractivity contribution >= 4 is 17.5 Å². The first-order valence-electron chi connectivity index (χ1n) is 6.06. The summed E-state index contributed by atoms with van der Waals surface area (Å²) in [4.78, 5) is 12.8. The molecule has 0 amide bonds. The summed E-state index contributed by atoms with van der Waals surface area (Å²) in [6.45, 7) is 1.90. The van der Waals surface area contributed by atoms with Crippen LogP contribution in [0.2, 0.25) is 0 Å². The summed E-state index contributed by atoms with van der Waals surface area (Å²) in [7, 11) is 0. The van der Waals surface area contributed by atoms with Gasteiger partial charge in [0, 0.05) is 17.7 Å². The normalized spacial score (nSPS) is 12.3. The fourth-order valence-electron chi connectivity index (χ4n) is 1.69. The van der Waals surface area contributed by atoms with Gasteiger partial charge in [-0.15, -0.1) is 11.8 Å². The van der Waals surface area contributed by atoms with Crippen LogP contribution in [-0.2, 0) is 4.79 Å². The number of carbonyl (C=O) groups is 1. The highest BCUT2D eigenvalue weighted by atomic mass is 32.2. The van der Waals surface area contributed by atoms with E-state index in [4.69, 9.17) is 4.42 Å². The highest BCUT2D eigenvalue weighted by Gasteiger charge is 2.18. The van der Waals surface area contributed by atoms with E-state index in [2.05, 4.69) is 12.1 Å². The fraction of sp³-hybridized carbons (Fsp3) is 0.267. The molecule has 0 saturated carbocycles. The largest absolute Gasteiger partial charge is 0.468 e. The molecule has 0 aliphatic heterocycles. The first-order chi connectivity index (χ1) is 8.79. The summed E-state index contributed by atoms with van der Waals surface area (Å²) >= 11 is 1.68. The predicted molar refractivity (Wildman–Crippen MR) is 73.7 cm³/mol. The molecule has 0 N–H and O–H groups in total. The molecule has 1 unspecified atom stereocenters. The lowest BCUT2D eigenvalue weighted by atomic mass is 10.1. The van der Waals surface area contributed by atoms with Crippen molar-refractivity contribution in [3.63, 3.8) is 0 Å². The minimum atomic E-state index is 0.0647. The van der Waals surface area contributed by atoms with E-state index in [0.717, 1.165) is 10.7 Å². The Kier molecular flexibility index (Phi) is 4.65. The molecule has 3 heteroatoms. The molecule has 2 rings (SSSR count). The van der Waals surface area contributed by atoms with Crippen LogP contribution in [0.1, 0.15) is 30.8 Å². The quantitative estimate of drug-likeness (QED) is 0.717. The zero-order valence-electron chi connectivity index (χ0n) is 10.3. The second-order valence-electron chi connectivity index (χ2n) is 4.03. The Morgan fingerprint density at radius 1 is 1.22 bits per heavy atom. The predicted octanol–water partition coefficient (Wildman–Crippen LogP) is 4.48. The zero-order valence-corrected chi connectivity index (χ0v) is 11.2. The van der Waals surface area contributed by atoms with E-state index in [9.17, 15) is 4.79 Å². The van der Waals surface area contributed by atoms with Crippen LogP contribution in [-0.4, -0.2) is 5.78 Å². The molecule has 1 atom stereocenters. The highest BCUT2D eigenvalue weighted by molar-refractivity contribution is 7.99. The molecular formula is C15H16O2S. The second-order valence-corrected chi connectivity index (χ2v) is 5.31. The van der Waals surface area contributed by atoms with Crippen molar-refractivity contribution in [2.24, 2.45) is 0 Å². The summed E-state index contributed by atoms with van der Waals surface area (Å²) < 4.78 is 5.44. The van der Waals surface area contributed by atoms with Gasteiger partial charge in [-0.05, 0) is 24.3 Å². The first-order valence-corrected chi connectivity index (χ1v) is 6.94. The van der Waals surface area contributed by atoms with Gasteiger partial charge in [-0.2, -0.15) is 0 Å². The topological polar surface area (TPSA) is 30.2 Å². The molecular weight excluding hydrogens is 244 g/mol. The molecule has 0 saturated heterocycles. The third kappa shape index (κ3) is 3.50. The molecule has 0 aliphatic carbocycles. The maximum Gasteiger partial charge on any atom is 0.134 e. The van der Waals surface area contributed by atoms with Crippen molar-refractivity contribution in [2.75, 3.05) is 0 Å². The SMILES string of the molecule is CCC(=O)CC(Sc1ccccc1)c1ccco1. The van der Waals surface area contributed by atoms with E-state index in [1.54, 1.807) is 18.0 Å². The zero-order chi connectivity index (χ0) is 12.8. The molecule has 2 aromatic rings. The lowest BCUT2D eigenvalue weighted by Crippen LogP contribution is -2.02. The third-order valence-corrected chi connectivity index (χ3v) is 3.92. The average Bonchev–Trinajstić information content (AvgIpc) is 2.93. The average molecular weight is 260 g/mol. The minimum absolute atomic E-state index is 0.0647. The number of furan rings is 1. The Bertz CT molecular complexity index is 476. The van der Waals surface area contributed by atoms with E-state index in [-0.39, 0.29) is 11.0 Å². The molecule has 0 aliphatic rings. The van der Waals surface area contributed by atoms with Crippen LogP contribution in [0.5, 0.6) is 0 Å². The number of carbonyl (C=O) groups excluding carboxylic acids is 1. The number of ketones is 1. The van der Waals surface area contributed by atoms with Crippen molar-refractivity contribution in [2.45, 2.75) is 29.9 Å². The van der Waals surface area contributed by atoms with E-state index in [0.29, 0.717) is 12.8 Å². The van der Waals surface area contributed by atoms with Gasteiger partial charge in [0.1, 0.15) is 11.5 Å². The maximum absolute atomic E-state index is 11.7. The number of Topliss-reactive ketones (excluding diaryl/α,β-unsaturated/α-hetero) is 1. The Morgan fingerprint density at radius 2 is 2.00 bits per heavy atom. The number of hydrogen-bond acceptors (Lipinski definition) is 3. The lowest BCUT2D eigenvalue weighted by Gasteiger charge is -2.13. The van der Waals surface area contributed by atoms with E-state index >= 15 is 0 Å². The molecule has 1 heterocycles. The standard InChI is InChI=1S/C15H16O2S/c1-2-12(16)11-15(14-9-6-10-17-14)18-13-7-4-3-5-8-13/h3-10,15H,2,11H2,1H3. The van der Waals surface area contributed by atoms with Crippen LogP contribution in [0.25, 0.3) is 0 Å². The molecule has 94 valence electrons. The maximum atomic E-state index is 11.7. The molecule has 18 heavy (non-hydrogen) atoms. The van der Waals surface area contributed by atoms with Crippen LogP contribution < -0.4 is 0 Å². The van der Waals surface area contributed by atoms with E-state index < -0.39 is 0 Å². The second kappa shape index (κ2) is 6.45. The number of thioether (sulfide) groups is 1. The van der Waals surface area contributed by atoms with Gasteiger partial charge in [-0.1, -0.05) is 25.1 Å². The van der Waals surface area contributed by atoms with Gasteiger partial charge in [-0.3, -0.25) is 4.79 Å². The highest BCUT2D eigenvalue weighted by Crippen LogP contribution is 2.38. The summed E-state index contributed by atoms with van der Waals surface area (Å²) in [5, 5.41) is 0.0647. The molecule has 1 aromatic heterocycles. The molecule has 0 radical (unpaired) electrons. The summed E-state index contributed by atoms with van der Waals surface area (Å²) in [5.74, 6) is 1.13. The molecule has 0 bridgehead atoms. The van der Waals surface area contributed by atoms with Gasteiger partial charge < -0.3 is 4.42 Å². The van der Waals surface area contributed by atoms with Gasteiger partial charge in [0.15, 0.2) is 0 Å². The Balaban J connectivity index is 2.12. The van der Waals surface area contributed by atoms with Gasteiger partial charge in [0.2, 0.25) is 0 Å². The van der Waals surface area contributed by atoms with Gasteiger partial charge in [0.05, 0.1) is 11.5 Å². The lowest BCUT2D eigenvalue weighted by molar-refractivity contribution is -0.118. The number of benzene rings is 1. The Hall–Kier alpha value is -1.48. The fourth-order valence-corrected chi connectivity index (χ4v) is 2.85. The smallest absolute Gasteiger partial charge is 0.134 e. The van der Waals surface area contributed by atoms with Crippen molar-refractivity contribution in [1.82, 2.24) is 0 Å². The first kappa shape index (κ1) is 13.0. The van der Waals surface area contributed by atoms with Crippen molar-refractivity contribution in [3.8, 4) is 0 Å². The van der Waals surface area contributed by atoms with Crippen molar-refractivity contribution in [3.05, 3.63) is 54.5 Å². The van der Waals surface area contributed by atoms with E-state index in [1.807, 2.05) is 37.3 Å². The van der Waals surface area contributed by atoms with Crippen LogP contribution in [0.15, 0.2) is 58.0 Å². The Labute approximate surface area is 111 Å². The molecule has 1 aromatic carbocycles. The molecule has 2 nitrogen and oxygen atoms in total. The van der Waals surface area contributed by atoms with Crippen molar-refractivity contribution in [1.29, 1.82) is 0 Å². The van der Waals surface area contributed by atoms with Crippen LogP contribution in [0.4, 0.5) is 0 Å². The number of rotatable bonds is 6. The van der Waals surface area contributed by atoms with Crippen LogP contribution in [0.3, 0.4) is 0 Å². The van der Waals surface area contributed by atoms with Crippen LogP contribution >= 0.6 is 11.8 Å².